The Bertz CT molecular complexity index is 895. The van der Waals surface area contributed by atoms with E-state index in [1.54, 1.807) is 0 Å². The summed E-state index contributed by atoms with van der Waals surface area (Å²) in [5.41, 5.74) is 7.53. The van der Waals surface area contributed by atoms with Gasteiger partial charge in [0.05, 0.1) is 0 Å². The number of halogens is 1. The summed E-state index contributed by atoms with van der Waals surface area (Å²) in [5, 5.41) is 3.47. The third-order valence-corrected chi connectivity index (χ3v) is 5.36. The zero-order valence-electron chi connectivity index (χ0n) is 19.2. The third-order valence-electron chi connectivity index (χ3n) is 5.36. The highest BCUT2D eigenvalue weighted by molar-refractivity contribution is 14.0. The van der Waals surface area contributed by atoms with Crippen molar-refractivity contribution in [2.24, 2.45) is 10.7 Å². The van der Waals surface area contributed by atoms with Crippen LogP contribution in [0.15, 0.2) is 65.7 Å². The first-order valence-corrected chi connectivity index (χ1v) is 11.0. The van der Waals surface area contributed by atoms with Gasteiger partial charge in [-0.15, -0.1) is 24.0 Å². The first-order chi connectivity index (χ1) is 15.6. The van der Waals surface area contributed by atoms with Gasteiger partial charge in [0.25, 0.3) is 5.91 Å². The molecule has 8 heteroatoms. The van der Waals surface area contributed by atoms with Gasteiger partial charge in [0.1, 0.15) is 5.75 Å². The summed E-state index contributed by atoms with van der Waals surface area (Å²) in [6.07, 6.45) is 5.30. The summed E-state index contributed by atoms with van der Waals surface area (Å²) < 4.78 is 5.29. The zero-order chi connectivity index (χ0) is 22.6. The first kappa shape index (κ1) is 26.7. The summed E-state index contributed by atoms with van der Waals surface area (Å²) in [4.78, 5) is 20.0. The number of guanidine groups is 1. The molecular formula is C25H34IN5O2. The Hall–Kier alpha value is -2.59. The van der Waals surface area contributed by atoms with Crippen LogP contribution in [-0.4, -0.2) is 74.6 Å². The average molecular weight is 563 g/mol. The molecule has 0 radical (unpaired) electrons. The van der Waals surface area contributed by atoms with Gasteiger partial charge in [0.15, 0.2) is 12.6 Å². The van der Waals surface area contributed by atoms with Gasteiger partial charge in [-0.1, -0.05) is 54.6 Å². The molecule has 0 saturated carbocycles. The molecule has 2 aromatic rings. The van der Waals surface area contributed by atoms with Crippen molar-refractivity contribution in [1.29, 1.82) is 0 Å². The van der Waals surface area contributed by atoms with Crippen molar-refractivity contribution in [3.8, 4) is 5.75 Å². The molecule has 3 N–H and O–H groups in total. The second kappa shape index (κ2) is 14.5. The molecule has 0 aromatic heterocycles. The van der Waals surface area contributed by atoms with Crippen LogP contribution in [0.3, 0.4) is 0 Å². The molecule has 1 fully saturated rings. The van der Waals surface area contributed by atoms with Crippen LogP contribution in [-0.2, 0) is 11.2 Å². The average Bonchev–Trinajstić information content (AvgIpc) is 2.82. The van der Waals surface area contributed by atoms with Gasteiger partial charge in [0, 0.05) is 46.3 Å². The van der Waals surface area contributed by atoms with Crippen LogP contribution >= 0.6 is 24.0 Å². The summed E-state index contributed by atoms with van der Waals surface area (Å²) in [7, 11) is 1.84. The Morgan fingerprint density at radius 1 is 1.09 bits per heavy atom. The van der Waals surface area contributed by atoms with Crippen molar-refractivity contribution in [2.75, 3.05) is 52.9 Å². The number of nitrogens with zero attached hydrogens (tertiary/aromatic N) is 3. The second-order valence-electron chi connectivity index (χ2n) is 7.72. The summed E-state index contributed by atoms with van der Waals surface area (Å²) in [5.74, 6) is 1.12. The quantitative estimate of drug-likeness (QED) is 0.279. The van der Waals surface area contributed by atoms with E-state index in [0.29, 0.717) is 5.75 Å². The molecule has 1 saturated heterocycles. The topological polar surface area (TPSA) is 83.2 Å². The van der Waals surface area contributed by atoms with Gasteiger partial charge in [-0.2, -0.15) is 0 Å². The maximum absolute atomic E-state index is 10.8. The van der Waals surface area contributed by atoms with Gasteiger partial charge in [-0.25, -0.2) is 0 Å². The van der Waals surface area contributed by atoms with Crippen LogP contribution in [0.25, 0.3) is 6.08 Å². The third kappa shape index (κ3) is 9.43. The van der Waals surface area contributed by atoms with E-state index in [1.807, 2.05) is 37.4 Å². The van der Waals surface area contributed by atoms with Crippen molar-refractivity contribution >= 4 is 41.9 Å². The highest BCUT2D eigenvalue weighted by atomic mass is 127. The molecule has 1 heterocycles. The Morgan fingerprint density at radius 2 is 1.79 bits per heavy atom. The fourth-order valence-electron chi connectivity index (χ4n) is 3.60. The molecular weight excluding hydrogens is 529 g/mol. The van der Waals surface area contributed by atoms with E-state index in [4.69, 9.17) is 10.5 Å². The van der Waals surface area contributed by atoms with Crippen LogP contribution in [0.1, 0.15) is 11.1 Å². The fourth-order valence-corrected chi connectivity index (χ4v) is 3.60. The van der Waals surface area contributed by atoms with E-state index in [1.165, 1.54) is 11.1 Å². The monoisotopic (exact) mass is 563 g/mol. The minimum Gasteiger partial charge on any atom is -0.484 e. The van der Waals surface area contributed by atoms with Crippen molar-refractivity contribution in [3.05, 3.63) is 71.8 Å². The number of rotatable bonds is 9. The number of nitrogens with one attached hydrogen (secondary N) is 1. The molecule has 2 aromatic carbocycles. The van der Waals surface area contributed by atoms with Gasteiger partial charge in [-0.05, 0) is 29.7 Å². The highest BCUT2D eigenvalue weighted by Gasteiger charge is 2.18. The second-order valence-corrected chi connectivity index (χ2v) is 7.72. The number of benzene rings is 2. The minimum absolute atomic E-state index is 0. The lowest BCUT2D eigenvalue weighted by atomic mass is 10.1. The van der Waals surface area contributed by atoms with Gasteiger partial charge >= 0.3 is 0 Å². The van der Waals surface area contributed by atoms with Crippen LogP contribution in [0.5, 0.6) is 5.75 Å². The van der Waals surface area contributed by atoms with Crippen molar-refractivity contribution in [1.82, 2.24) is 15.1 Å². The summed E-state index contributed by atoms with van der Waals surface area (Å²) in [6.45, 7) is 5.63. The lowest BCUT2D eigenvalue weighted by Crippen LogP contribution is -2.52. The molecule has 7 nitrogen and oxygen atoms in total. The number of hydrogen-bond acceptors (Lipinski definition) is 4. The van der Waals surface area contributed by atoms with Crippen LogP contribution in [0.2, 0.25) is 0 Å². The number of primary amides is 1. The van der Waals surface area contributed by atoms with Crippen LogP contribution < -0.4 is 15.8 Å². The summed E-state index contributed by atoms with van der Waals surface area (Å²) in [6, 6.07) is 18.1. The van der Waals surface area contributed by atoms with Crippen LogP contribution in [0, 0.1) is 0 Å². The highest BCUT2D eigenvalue weighted by Crippen LogP contribution is 2.12. The number of aliphatic imine (C=N–C) groups is 1. The lowest BCUT2D eigenvalue weighted by molar-refractivity contribution is -0.119. The molecule has 0 aliphatic carbocycles. The Balaban J connectivity index is 0.00000385. The predicted octanol–water partition coefficient (Wildman–Crippen LogP) is 2.62. The lowest BCUT2D eigenvalue weighted by Gasteiger charge is -2.36. The van der Waals surface area contributed by atoms with E-state index >= 15 is 0 Å². The molecule has 1 aliphatic rings. The molecule has 1 aliphatic heterocycles. The molecule has 0 spiro atoms. The van der Waals surface area contributed by atoms with E-state index in [2.05, 4.69) is 56.5 Å². The summed E-state index contributed by atoms with van der Waals surface area (Å²) >= 11 is 0. The Labute approximate surface area is 213 Å². The number of amides is 1. The van der Waals surface area contributed by atoms with Gasteiger partial charge < -0.3 is 20.7 Å². The van der Waals surface area contributed by atoms with E-state index in [0.717, 1.165) is 51.6 Å². The molecule has 178 valence electrons. The smallest absolute Gasteiger partial charge is 0.255 e. The van der Waals surface area contributed by atoms with E-state index in [9.17, 15) is 4.79 Å². The van der Waals surface area contributed by atoms with Crippen molar-refractivity contribution in [3.63, 3.8) is 0 Å². The van der Waals surface area contributed by atoms with Crippen molar-refractivity contribution in [2.45, 2.75) is 6.42 Å². The molecule has 0 atom stereocenters. The molecule has 33 heavy (non-hydrogen) atoms. The fraction of sp³-hybridized carbons (Fsp3) is 0.360. The standard InChI is InChI=1S/C25H33N5O2.HI/c1-27-25(28-14-13-22-9-11-23(12-10-22)32-20-24(26)31)30-18-16-29(17-19-30)15-5-8-21-6-3-2-4-7-21;/h2-12H,13-20H2,1H3,(H2,26,31)(H,27,28);1H/b8-5+;. The number of carbonyl (C=O) groups is 1. The largest absolute Gasteiger partial charge is 0.484 e. The van der Waals surface area contributed by atoms with Crippen LogP contribution in [0.4, 0.5) is 0 Å². The number of carbonyl (C=O) groups excluding carboxylic acids is 1. The normalized spacial score (nSPS) is 14.7. The maximum Gasteiger partial charge on any atom is 0.255 e. The number of ether oxygens (including phenoxy) is 1. The number of piperazine rings is 1. The number of nitrogens with two attached hydrogens (primary N) is 1. The Kier molecular flexibility index (Phi) is 11.7. The number of hydrogen-bond donors (Lipinski definition) is 2. The van der Waals surface area contributed by atoms with Gasteiger partial charge in [0.2, 0.25) is 0 Å². The minimum atomic E-state index is -0.478. The Morgan fingerprint density at radius 3 is 2.42 bits per heavy atom. The zero-order valence-corrected chi connectivity index (χ0v) is 21.5. The predicted molar refractivity (Wildman–Crippen MR) is 145 cm³/mol. The SMILES string of the molecule is CN=C(NCCc1ccc(OCC(N)=O)cc1)N1CCN(C/C=C/c2ccccc2)CC1.I. The van der Waals surface area contributed by atoms with E-state index in [-0.39, 0.29) is 30.6 Å². The van der Waals surface area contributed by atoms with Gasteiger partial charge in [-0.3, -0.25) is 14.7 Å². The molecule has 0 unspecified atom stereocenters. The molecule has 1 amide bonds. The molecule has 3 rings (SSSR count). The van der Waals surface area contributed by atoms with E-state index < -0.39 is 5.91 Å². The maximum atomic E-state index is 10.8. The first-order valence-electron chi connectivity index (χ1n) is 11.0. The van der Waals surface area contributed by atoms with Crippen molar-refractivity contribution < 1.29 is 9.53 Å². The molecule has 0 bridgehead atoms.